The number of halogens is 2. The van der Waals surface area contributed by atoms with E-state index in [-0.39, 0.29) is 0 Å². The van der Waals surface area contributed by atoms with E-state index in [4.69, 9.17) is 23.2 Å². The molecule has 0 saturated carbocycles. The zero-order chi connectivity index (χ0) is 14.2. The third-order valence-corrected chi connectivity index (χ3v) is 4.28. The normalized spacial score (nSPS) is 20.8. The maximum atomic E-state index is 11.5. The molecular weight excluding hydrogens is 293 g/mol. The highest BCUT2D eigenvalue weighted by molar-refractivity contribution is 6.34. The lowest BCUT2D eigenvalue weighted by atomic mass is 10.1. The van der Waals surface area contributed by atoms with E-state index >= 15 is 0 Å². The van der Waals surface area contributed by atoms with Gasteiger partial charge in [-0.2, -0.15) is 0 Å². The molecule has 0 bridgehead atoms. The number of carbonyl (C=O) groups excluding carboxylic acids is 1. The zero-order valence-corrected chi connectivity index (χ0v) is 12.2. The van der Waals surface area contributed by atoms with Crippen molar-refractivity contribution in [2.24, 2.45) is 0 Å². The molecule has 2 nitrogen and oxygen atoms in total. The summed E-state index contributed by atoms with van der Waals surface area (Å²) < 4.78 is 0. The maximum absolute atomic E-state index is 11.5. The molecule has 3 rings (SSSR count). The summed E-state index contributed by atoms with van der Waals surface area (Å²) >= 11 is 12.4. The van der Waals surface area contributed by atoms with E-state index in [9.17, 15) is 4.79 Å². The third kappa shape index (κ3) is 2.30. The highest BCUT2D eigenvalue weighted by Gasteiger charge is 2.41. The highest BCUT2D eigenvalue weighted by Crippen LogP contribution is 2.41. The number of benzene rings is 2. The standard InChI is InChI=1S/C16H13Cl2NO/c17-14-7-5-12(6-8-14)10-19-15-4-2-1-3-13(15)9-16(19,18)11-20/h1-8,11H,9-10H2. The van der Waals surface area contributed by atoms with Crippen molar-refractivity contribution in [1.29, 1.82) is 0 Å². The van der Waals surface area contributed by atoms with E-state index in [0.717, 1.165) is 23.1 Å². The van der Waals surface area contributed by atoms with Crippen LogP contribution in [0.15, 0.2) is 48.5 Å². The summed E-state index contributed by atoms with van der Waals surface area (Å²) in [5, 5.41) is 0.697. The van der Waals surface area contributed by atoms with Gasteiger partial charge in [0.2, 0.25) is 0 Å². The molecule has 20 heavy (non-hydrogen) atoms. The molecule has 1 aliphatic heterocycles. The number of carbonyl (C=O) groups is 1. The van der Waals surface area contributed by atoms with Crippen LogP contribution in [-0.2, 0) is 17.8 Å². The summed E-state index contributed by atoms with van der Waals surface area (Å²) in [4.78, 5) is 12.4. The van der Waals surface area contributed by atoms with Gasteiger partial charge in [0.15, 0.2) is 11.3 Å². The van der Waals surface area contributed by atoms with Crippen molar-refractivity contribution in [1.82, 2.24) is 0 Å². The quantitative estimate of drug-likeness (QED) is 0.484. The van der Waals surface area contributed by atoms with Crippen molar-refractivity contribution in [3.63, 3.8) is 0 Å². The van der Waals surface area contributed by atoms with E-state index in [1.54, 1.807) is 0 Å². The Morgan fingerprint density at radius 2 is 1.85 bits per heavy atom. The minimum absolute atomic E-state index is 0.530. The molecule has 0 aromatic heterocycles. The summed E-state index contributed by atoms with van der Waals surface area (Å²) in [6, 6.07) is 15.5. The molecule has 0 spiro atoms. The number of aldehydes is 1. The molecule has 0 radical (unpaired) electrons. The molecule has 1 atom stereocenters. The lowest BCUT2D eigenvalue weighted by molar-refractivity contribution is -0.109. The molecule has 1 aliphatic rings. The summed E-state index contributed by atoms with van der Waals surface area (Å²) in [5.74, 6) is 0. The second-order valence-corrected chi connectivity index (χ2v) is 6.05. The molecule has 1 unspecified atom stereocenters. The molecule has 0 fully saturated rings. The van der Waals surface area contributed by atoms with Crippen molar-refractivity contribution in [3.8, 4) is 0 Å². The van der Waals surface area contributed by atoms with Crippen LogP contribution in [0, 0.1) is 0 Å². The van der Waals surface area contributed by atoms with Gasteiger partial charge in [-0.15, -0.1) is 0 Å². The summed E-state index contributed by atoms with van der Waals surface area (Å²) in [5.41, 5.74) is 3.19. The van der Waals surface area contributed by atoms with Gasteiger partial charge in [0, 0.05) is 23.7 Å². The summed E-state index contributed by atoms with van der Waals surface area (Å²) in [7, 11) is 0. The van der Waals surface area contributed by atoms with Crippen LogP contribution in [0.2, 0.25) is 5.02 Å². The van der Waals surface area contributed by atoms with Crippen LogP contribution < -0.4 is 4.90 Å². The predicted octanol–water partition coefficient (Wildman–Crippen LogP) is 4.04. The summed E-state index contributed by atoms with van der Waals surface area (Å²) in [6.07, 6.45) is 1.35. The van der Waals surface area contributed by atoms with E-state index < -0.39 is 5.00 Å². The Bertz CT molecular complexity index is 641. The second kappa shape index (κ2) is 5.12. The van der Waals surface area contributed by atoms with E-state index in [1.807, 2.05) is 53.4 Å². The van der Waals surface area contributed by atoms with E-state index in [1.165, 1.54) is 0 Å². The van der Waals surface area contributed by atoms with Gasteiger partial charge in [0.25, 0.3) is 0 Å². The lowest BCUT2D eigenvalue weighted by Gasteiger charge is -2.30. The second-order valence-electron chi connectivity index (χ2n) is 4.95. The smallest absolute Gasteiger partial charge is 0.175 e. The predicted molar refractivity (Wildman–Crippen MR) is 82.4 cm³/mol. The fourth-order valence-corrected chi connectivity index (χ4v) is 3.00. The van der Waals surface area contributed by atoms with Gasteiger partial charge in [-0.1, -0.05) is 53.5 Å². The Labute approximate surface area is 127 Å². The maximum Gasteiger partial charge on any atom is 0.175 e. The van der Waals surface area contributed by atoms with Crippen molar-refractivity contribution in [2.75, 3.05) is 4.90 Å². The molecule has 2 aromatic carbocycles. The topological polar surface area (TPSA) is 20.3 Å². The van der Waals surface area contributed by atoms with Crippen molar-refractivity contribution in [3.05, 3.63) is 64.7 Å². The first-order chi connectivity index (χ1) is 9.62. The van der Waals surface area contributed by atoms with Crippen molar-refractivity contribution < 1.29 is 4.79 Å². The van der Waals surface area contributed by atoms with Crippen molar-refractivity contribution >= 4 is 35.2 Å². The van der Waals surface area contributed by atoms with Gasteiger partial charge in [-0.3, -0.25) is 4.79 Å². The van der Waals surface area contributed by atoms with Gasteiger partial charge in [-0.25, -0.2) is 0 Å². The summed E-state index contributed by atoms with van der Waals surface area (Å²) in [6.45, 7) is 0.580. The average molecular weight is 306 g/mol. The van der Waals surface area contributed by atoms with Crippen LogP contribution >= 0.6 is 23.2 Å². The fourth-order valence-electron chi connectivity index (χ4n) is 2.58. The molecule has 0 aliphatic carbocycles. The first kappa shape index (κ1) is 13.5. The number of rotatable bonds is 3. The molecule has 0 N–H and O–H groups in total. The number of alkyl halides is 1. The molecule has 0 amide bonds. The Kier molecular flexibility index (Phi) is 3.45. The lowest BCUT2D eigenvalue weighted by Crippen LogP contribution is -2.42. The van der Waals surface area contributed by atoms with Gasteiger partial charge >= 0.3 is 0 Å². The number of hydrogen-bond donors (Lipinski definition) is 0. The monoisotopic (exact) mass is 305 g/mol. The van der Waals surface area contributed by atoms with E-state index in [2.05, 4.69) is 0 Å². The minimum atomic E-state index is -0.997. The largest absolute Gasteiger partial charge is 0.342 e. The van der Waals surface area contributed by atoms with Gasteiger partial charge in [-0.05, 0) is 29.3 Å². The van der Waals surface area contributed by atoms with Crippen LogP contribution in [0.5, 0.6) is 0 Å². The van der Waals surface area contributed by atoms with Crippen LogP contribution in [-0.4, -0.2) is 11.3 Å². The average Bonchev–Trinajstić information content (AvgIpc) is 2.75. The fraction of sp³-hybridized carbons (Fsp3) is 0.188. The molecule has 102 valence electrons. The van der Waals surface area contributed by atoms with Gasteiger partial charge in [0.05, 0.1) is 0 Å². The Morgan fingerprint density at radius 3 is 2.55 bits per heavy atom. The van der Waals surface area contributed by atoms with Gasteiger partial charge in [0.1, 0.15) is 0 Å². The molecule has 0 saturated heterocycles. The first-order valence-electron chi connectivity index (χ1n) is 6.38. The van der Waals surface area contributed by atoms with Crippen LogP contribution in [0.3, 0.4) is 0 Å². The first-order valence-corrected chi connectivity index (χ1v) is 7.13. The Morgan fingerprint density at radius 1 is 1.15 bits per heavy atom. The number of anilines is 1. The van der Waals surface area contributed by atoms with Crippen LogP contribution in [0.4, 0.5) is 5.69 Å². The van der Waals surface area contributed by atoms with Crippen LogP contribution in [0.1, 0.15) is 11.1 Å². The molecule has 1 heterocycles. The van der Waals surface area contributed by atoms with Crippen LogP contribution in [0.25, 0.3) is 0 Å². The Hall–Kier alpha value is -1.51. The highest BCUT2D eigenvalue weighted by atomic mass is 35.5. The Balaban J connectivity index is 1.97. The molecule has 4 heteroatoms. The third-order valence-electron chi connectivity index (χ3n) is 3.60. The number of fused-ring (bicyclic) bond motifs is 1. The van der Waals surface area contributed by atoms with E-state index in [0.29, 0.717) is 18.0 Å². The molecular formula is C16H13Cl2NO. The minimum Gasteiger partial charge on any atom is -0.342 e. The number of hydrogen-bond acceptors (Lipinski definition) is 2. The number of para-hydroxylation sites is 1. The zero-order valence-electron chi connectivity index (χ0n) is 10.7. The van der Waals surface area contributed by atoms with Crippen molar-refractivity contribution in [2.45, 2.75) is 18.0 Å². The SMILES string of the molecule is O=CC1(Cl)Cc2ccccc2N1Cc1ccc(Cl)cc1. The number of nitrogens with zero attached hydrogens (tertiary/aromatic N) is 1. The molecule has 2 aromatic rings. The van der Waals surface area contributed by atoms with Gasteiger partial charge < -0.3 is 4.90 Å².